The number of H-pyrrole nitrogens is 1. The van der Waals surface area contributed by atoms with Crippen LogP contribution in [0.4, 0.5) is 4.39 Å². The molecule has 22 heavy (non-hydrogen) atoms. The van der Waals surface area contributed by atoms with Gasteiger partial charge in [-0.25, -0.2) is 4.39 Å². The van der Waals surface area contributed by atoms with Gasteiger partial charge in [0.2, 0.25) is 0 Å². The summed E-state index contributed by atoms with van der Waals surface area (Å²) < 4.78 is 13.5. The van der Waals surface area contributed by atoms with Gasteiger partial charge in [0.05, 0.1) is 0 Å². The molecular weight excluding hydrogens is 307 g/mol. The van der Waals surface area contributed by atoms with Crippen LogP contribution in [0.2, 0.25) is 0 Å². The van der Waals surface area contributed by atoms with Gasteiger partial charge in [-0.1, -0.05) is 18.2 Å². The molecule has 3 N–H and O–H groups in total. The average Bonchev–Trinajstić information content (AvgIpc) is 2.93. The van der Waals surface area contributed by atoms with Gasteiger partial charge in [-0.05, 0) is 18.1 Å². The third kappa shape index (κ3) is 3.45. The number of nitrogens with zero attached hydrogens (tertiary/aromatic N) is 1. The van der Waals surface area contributed by atoms with E-state index in [9.17, 15) is 9.18 Å². The molecule has 1 aromatic carbocycles. The number of nitrogens with one attached hydrogen (secondary N) is 3. The first kappa shape index (κ1) is 16.5. The summed E-state index contributed by atoms with van der Waals surface area (Å²) in [5.74, 6) is -0.458. The molecule has 0 aliphatic carbocycles. The molecule has 0 atom stereocenters. The maximum atomic E-state index is 13.5. The van der Waals surface area contributed by atoms with Gasteiger partial charge in [0.15, 0.2) is 5.69 Å². The predicted molar refractivity (Wildman–Crippen MR) is 83.7 cm³/mol. The molecule has 5 nitrogen and oxygen atoms in total. The van der Waals surface area contributed by atoms with E-state index >= 15 is 0 Å². The number of halogens is 2. The highest BCUT2D eigenvalue weighted by molar-refractivity contribution is 5.94. The molecule has 0 spiro atoms. The average molecular weight is 325 g/mol. The van der Waals surface area contributed by atoms with Crippen molar-refractivity contribution in [2.24, 2.45) is 0 Å². The summed E-state index contributed by atoms with van der Waals surface area (Å²) in [4.78, 5) is 12.1. The van der Waals surface area contributed by atoms with Crippen LogP contribution in [-0.2, 0) is 19.4 Å². The molecule has 0 unspecified atom stereocenters. The molecule has 0 saturated heterocycles. The molecular formula is C15H18ClFN4O. The van der Waals surface area contributed by atoms with Crippen molar-refractivity contribution < 1.29 is 9.18 Å². The Hall–Kier alpha value is -1.92. The largest absolute Gasteiger partial charge is 0.350 e. The van der Waals surface area contributed by atoms with Crippen LogP contribution in [0.1, 0.15) is 27.3 Å². The lowest BCUT2D eigenvalue weighted by Crippen LogP contribution is -2.29. The summed E-state index contributed by atoms with van der Waals surface area (Å²) in [5, 5.41) is 13.0. The van der Waals surface area contributed by atoms with Crippen LogP contribution in [0.15, 0.2) is 24.3 Å². The van der Waals surface area contributed by atoms with E-state index in [4.69, 9.17) is 0 Å². The molecule has 1 aromatic heterocycles. The number of carbonyl (C=O) groups excluding carboxylic acids is 1. The van der Waals surface area contributed by atoms with Gasteiger partial charge in [0.25, 0.3) is 5.91 Å². The Morgan fingerprint density at radius 2 is 2.18 bits per heavy atom. The van der Waals surface area contributed by atoms with Crippen molar-refractivity contribution in [3.8, 4) is 0 Å². The summed E-state index contributed by atoms with van der Waals surface area (Å²) >= 11 is 0. The normalized spacial score (nSPS) is 13.1. The van der Waals surface area contributed by atoms with E-state index in [0.717, 1.165) is 24.2 Å². The Balaban J connectivity index is 0.00000176. The van der Waals surface area contributed by atoms with Crippen molar-refractivity contribution in [2.75, 3.05) is 13.1 Å². The van der Waals surface area contributed by atoms with Crippen molar-refractivity contribution in [3.63, 3.8) is 0 Å². The Labute approximate surface area is 134 Å². The minimum atomic E-state index is -0.243. The molecule has 118 valence electrons. The molecule has 7 heteroatoms. The maximum absolute atomic E-state index is 13.5. The number of hydrogen-bond donors (Lipinski definition) is 3. The number of hydrogen-bond acceptors (Lipinski definition) is 3. The fraction of sp³-hybridized carbons (Fsp3) is 0.333. The Morgan fingerprint density at radius 1 is 1.36 bits per heavy atom. The highest BCUT2D eigenvalue weighted by atomic mass is 35.5. The zero-order valence-corrected chi connectivity index (χ0v) is 12.8. The monoisotopic (exact) mass is 324 g/mol. The maximum Gasteiger partial charge on any atom is 0.272 e. The smallest absolute Gasteiger partial charge is 0.272 e. The molecule has 0 saturated carbocycles. The zero-order valence-electron chi connectivity index (χ0n) is 12.0. The molecule has 2 heterocycles. The number of carbonyl (C=O) groups is 1. The molecule has 0 bridgehead atoms. The fourth-order valence-electron chi connectivity index (χ4n) is 2.51. The number of aromatic nitrogens is 2. The molecule has 0 radical (unpaired) electrons. The van der Waals surface area contributed by atoms with Crippen LogP contribution in [0.25, 0.3) is 0 Å². The van der Waals surface area contributed by atoms with Gasteiger partial charge in [-0.15, -0.1) is 12.4 Å². The summed E-state index contributed by atoms with van der Waals surface area (Å²) in [7, 11) is 0. The van der Waals surface area contributed by atoms with Crippen LogP contribution in [-0.4, -0.2) is 29.2 Å². The lowest BCUT2D eigenvalue weighted by molar-refractivity contribution is 0.0948. The molecule has 1 amide bonds. The Kier molecular flexibility index (Phi) is 5.51. The second-order valence-electron chi connectivity index (χ2n) is 5.05. The highest BCUT2D eigenvalue weighted by Gasteiger charge is 2.21. The number of fused-ring (bicyclic) bond motifs is 1. The number of rotatable bonds is 4. The first-order valence-corrected chi connectivity index (χ1v) is 7.04. The quantitative estimate of drug-likeness (QED) is 0.800. The fourth-order valence-corrected chi connectivity index (χ4v) is 2.51. The van der Waals surface area contributed by atoms with E-state index in [2.05, 4.69) is 20.8 Å². The SMILES string of the molecule is Cl.O=C(NCCc1ccccc1F)c1n[nH]c2c1CNCC2. The summed E-state index contributed by atoms with van der Waals surface area (Å²) in [6, 6.07) is 6.59. The van der Waals surface area contributed by atoms with E-state index in [1.165, 1.54) is 6.07 Å². The van der Waals surface area contributed by atoms with Gasteiger partial charge < -0.3 is 10.6 Å². The van der Waals surface area contributed by atoms with Crippen LogP contribution in [0.3, 0.4) is 0 Å². The van der Waals surface area contributed by atoms with Crippen molar-refractivity contribution in [1.82, 2.24) is 20.8 Å². The van der Waals surface area contributed by atoms with Gasteiger partial charge in [0, 0.05) is 37.3 Å². The van der Waals surface area contributed by atoms with Crippen LogP contribution >= 0.6 is 12.4 Å². The first-order chi connectivity index (χ1) is 10.3. The van der Waals surface area contributed by atoms with Crippen molar-refractivity contribution in [3.05, 3.63) is 52.6 Å². The van der Waals surface area contributed by atoms with E-state index in [0.29, 0.717) is 30.8 Å². The number of benzene rings is 1. The highest BCUT2D eigenvalue weighted by Crippen LogP contribution is 2.15. The molecule has 1 aliphatic heterocycles. The van der Waals surface area contributed by atoms with Gasteiger partial charge >= 0.3 is 0 Å². The summed E-state index contributed by atoms with van der Waals surface area (Å²) in [6.45, 7) is 1.93. The number of amides is 1. The van der Waals surface area contributed by atoms with Gasteiger partial charge in [-0.2, -0.15) is 5.10 Å². The molecule has 1 aliphatic rings. The van der Waals surface area contributed by atoms with Crippen LogP contribution < -0.4 is 10.6 Å². The second kappa shape index (κ2) is 7.38. The van der Waals surface area contributed by atoms with E-state index in [1.54, 1.807) is 18.2 Å². The minimum absolute atomic E-state index is 0. The molecule has 2 aromatic rings. The van der Waals surface area contributed by atoms with Gasteiger partial charge in [0.1, 0.15) is 5.82 Å². The second-order valence-corrected chi connectivity index (χ2v) is 5.05. The Morgan fingerprint density at radius 3 is 3.00 bits per heavy atom. The summed E-state index contributed by atoms with van der Waals surface area (Å²) in [5.41, 5.74) is 2.99. The summed E-state index contributed by atoms with van der Waals surface area (Å²) in [6.07, 6.45) is 1.31. The van der Waals surface area contributed by atoms with Crippen LogP contribution in [0.5, 0.6) is 0 Å². The minimum Gasteiger partial charge on any atom is -0.350 e. The lowest BCUT2D eigenvalue weighted by Gasteiger charge is -2.12. The first-order valence-electron chi connectivity index (χ1n) is 7.04. The topological polar surface area (TPSA) is 69.8 Å². The van der Waals surface area contributed by atoms with E-state index < -0.39 is 0 Å². The lowest BCUT2D eigenvalue weighted by atomic mass is 10.1. The van der Waals surface area contributed by atoms with Crippen LogP contribution in [0, 0.1) is 5.82 Å². The van der Waals surface area contributed by atoms with E-state index in [-0.39, 0.29) is 24.1 Å². The molecule has 0 fully saturated rings. The molecule has 3 rings (SSSR count). The van der Waals surface area contributed by atoms with Gasteiger partial charge in [-0.3, -0.25) is 9.89 Å². The third-order valence-electron chi connectivity index (χ3n) is 3.66. The zero-order chi connectivity index (χ0) is 14.7. The standard InChI is InChI=1S/C15H17FN4O.ClH/c16-12-4-2-1-3-10(12)5-8-18-15(21)14-11-9-17-7-6-13(11)19-20-14;/h1-4,17H,5-9H2,(H,18,21)(H,19,20);1H. The Bertz CT molecular complexity index is 659. The third-order valence-corrected chi connectivity index (χ3v) is 3.66. The predicted octanol–water partition coefficient (Wildman–Crippen LogP) is 1.59. The van der Waals surface area contributed by atoms with Crippen molar-refractivity contribution in [1.29, 1.82) is 0 Å². The number of aromatic amines is 1. The van der Waals surface area contributed by atoms with Crippen molar-refractivity contribution >= 4 is 18.3 Å². The van der Waals surface area contributed by atoms with E-state index in [1.807, 2.05) is 0 Å². The van der Waals surface area contributed by atoms with Crippen molar-refractivity contribution in [2.45, 2.75) is 19.4 Å².